The van der Waals surface area contributed by atoms with Gasteiger partial charge in [-0.05, 0) is 25.9 Å². The van der Waals surface area contributed by atoms with E-state index >= 15 is 0 Å². The normalized spacial score (nSPS) is 23.8. The Morgan fingerprint density at radius 2 is 1.70 bits per heavy atom. The van der Waals surface area contributed by atoms with Crippen LogP contribution in [0, 0.1) is 0 Å². The number of likely N-dealkylation sites (tertiary alicyclic amines) is 1. The first-order valence-corrected chi connectivity index (χ1v) is 7.47. The number of hydrogen-bond donors (Lipinski definition) is 2. The van der Waals surface area contributed by atoms with Gasteiger partial charge in [0.1, 0.15) is 5.54 Å². The molecule has 2 aliphatic heterocycles. The van der Waals surface area contributed by atoms with Crippen LogP contribution in [0.25, 0.3) is 0 Å². The van der Waals surface area contributed by atoms with Crippen LogP contribution in [0.2, 0.25) is 0 Å². The van der Waals surface area contributed by atoms with Gasteiger partial charge < -0.3 is 15.2 Å². The Morgan fingerprint density at radius 1 is 1.10 bits per heavy atom. The maximum absolute atomic E-state index is 12.1. The second-order valence-corrected chi connectivity index (χ2v) is 5.74. The average Bonchev–Trinajstić information content (AvgIpc) is 2.68. The molecule has 0 bridgehead atoms. The highest BCUT2D eigenvalue weighted by Crippen LogP contribution is 2.21. The largest absolute Gasteiger partial charge is 0.480 e. The van der Waals surface area contributed by atoms with Crippen LogP contribution in [0.3, 0.4) is 0 Å². The monoisotopic (exact) mass is 284 g/mol. The van der Waals surface area contributed by atoms with E-state index in [9.17, 15) is 14.7 Å². The van der Waals surface area contributed by atoms with Crippen molar-refractivity contribution in [3.05, 3.63) is 0 Å². The van der Waals surface area contributed by atoms with Gasteiger partial charge in [-0.2, -0.15) is 0 Å². The van der Waals surface area contributed by atoms with Gasteiger partial charge in [-0.25, -0.2) is 4.79 Å². The standard InChI is InChI=1S/C14H24N2O4/c17-12(11-16-7-3-1-2-4-8-16)15-14(13(18)19)5-9-20-10-6-14/h1-11H2,(H,15,17)(H,18,19). The number of amides is 1. The zero-order valence-electron chi connectivity index (χ0n) is 11.9. The maximum Gasteiger partial charge on any atom is 0.329 e. The zero-order valence-corrected chi connectivity index (χ0v) is 11.9. The van der Waals surface area contributed by atoms with Crippen molar-refractivity contribution in [2.45, 2.75) is 44.1 Å². The van der Waals surface area contributed by atoms with Gasteiger partial charge in [0.15, 0.2) is 0 Å². The van der Waals surface area contributed by atoms with E-state index in [1.54, 1.807) is 0 Å². The molecule has 0 saturated carbocycles. The molecule has 20 heavy (non-hydrogen) atoms. The number of aliphatic carboxylic acids is 1. The lowest BCUT2D eigenvalue weighted by atomic mass is 9.90. The van der Waals surface area contributed by atoms with Crippen molar-refractivity contribution in [1.82, 2.24) is 10.2 Å². The molecule has 114 valence electrons. The Bertz CT molecular complexity index is 345. The van der Waals surface area contributed by atoms with Crippen molar-refractivity contribution in [2.75, 3.05) is 32.8 Å². The number of hydrogen-bond acceptors (Lipinski definition) is 4. The first kappa shape index (κ1) is 15.3. The Balaban J connectivity index is 1.89. The summed E-state index contributed by atoms with van der Waals surface area (Å²) in [5.41, 5.74) is -1.14. The number of ether oxygens (including phenoxy) is 1. The molecule has 0 aromatic rings. The van der Waals surface area contributed by atoms with Gasteiger partial charge in [-0.3, -0.25) is 9.69 Å². The van der Waals surface area contributed by atoms with Crippen LogP contribution in [0.5, 0.6) is 0 Å². The Kier molecular flexibility index (Phi) is 5.37. The average molecular weight is 284 g/mol. The molecule has 2 saturated heterocycles. The molecule has 6 heteroatoms. The number of carboxylic acid groups (broad SMARTS) is 1. The number of carbonyl (C=O) groups excluding carboxylic acids is 1. The van der Waals surface area contributed by atoms with Crippen LogP contribution in [0.4, 0.5) is 0 Å². The molecular weight excluding hydrogens is 260 g/mol. The van der Waals surface area contributed by atoms with Crippen LogP contribution in [0.1, 0.15) is 38.5 Å². The summed E-state index contributed by atoms with van der Waals surface area (Å²) in [7, 11) is 0. The minimum Gasteiger partial charge on any atom is -0.480 e. The molecule has 0 aliphatic carbocycles. The topological polar surface area (TPSA) is 78.9 Å². The molecule has 0 atom stereocenters. The van der Waals surface area contributed by atoms with Crippen LogP contribution < -0.4 is 5.32 Å². The predicted molar refractivity (Wildman–Crippen MR) is 73.5 cm³/mol. The first-order valence-electron chi connectivity index (χ1n) is 7.47. The highest BCUT2D eigenvalue weighted by atomic mass is 16.5. The molecule has 0 spiro atoms. The molecule has 0 unspecified atom stereocenters. The third-order valence-corrected chi connectivity index (χ3v) is 4.20. The van der Waals surface area contributed by atoms with Gasteiger partial charge in [0.05, 0.1) is 6.54 Å². The van der Waals surface area contributed by atoms with Crippen LogP contribution in [-0.2, 0) is 14.3 Å². The van der Waals surface area contributed by atoms with Crippen molar-refractivity contribution in [1.29, 1.82) is 0 Å². The Labute approximate surface area is 119 Å². The highest BCUT2D eigenvalue weighted by molar-refractivity contribution is 5.88. The van der Waals surface area contributed by atoms with Crippen molar-refractivity contribution >= 4 is 11.9 Å². The van der Waals surface area contributed by atoms with Crippen molar-refractivity contribution in [2.24, 2.45) is 0 Å². The molecule has 0 aromatic heterocycles. The van der Waals surface area contributed by atoms with Crippen molar-refractivity contribution in [3.8, 4) is 0 Å². The van der Waals surface area contributed by atoms with Gasteiger partial charge in [0.2, 0.25) is 5.91 Å². The summed E-state index contributed by atoms with van der Waals surface area (Å²) in [5, 5.41) is 12.1. The minimum atomic E-state index is -1.14. The van der Waals surface area contributed by atoms with Gasteiger partial charge in [-0.1, -0.05) is 12.8 Å². The summed E-state index contributed by atoms with van der Waals surface area (Å²) < 4.78 is 5.20. The van der Waals surface area contributed by atoms with Crippen molar-refractivity contribution < 1.29 is 19.4 Å². The summed E-state index contributed by atoms with van der Waals surface area (Å²) in [4.78, 5) is 25.7. The van der Waals surface area contributed by atoms with Gasteiger partial charge in [-0.15, -0.1) is 0 Å². The van der Waals surface area contributed by atoms with Crippen molar-refractivity contribution in [3.63, 3.8) is 0 Å². The summed E-state index contributed by atoms with van der Waals surface area (Å²) in [6, 6.07) is 0. The fourth-order valence-electron chi connectivity index (χ4n) is 2.92. The molecule has 2 fully saturated rings. The van der Waals surface area contributed by atoms with Crippen LogP contribution in [-0.4, -0.2) is 60.3 Å². The third-order valence-electron chi connectivity index (χ3n) is 4.20. The predicted octanol–water partition coefficient (Wildman–Crippen LogP) is 0.612. The Hall–Kier alpha value is -1.14. The van der Waals surface area contributed by atoms with E-state index in [0.29, 0.717) is 32.6 Å². The number of nitrogens with one attached hydrogen (secondary N) is 1. The minimum absolute atomic E-state index is 0.184. The maximum atomic E-state index is 12.1. The van der Waals surface area contributed by atoms with E-state index in [4.69, 9.17) is 4.74 Å². The van der Waals surface area contributed by atoms with E-state index in [2.05, 4.69) is 10.2 Å². The number of carbonyl (C=O) groups is 2. The fourth-order valence-corrected chi connectivity index (χ4v) is 2.92. The molecular formula is C14H24N2O4. The molecule has 1 amide bonds. The zero-order chi connectivity index (χ0) is 14.4. The first-order chi connectivity index (χ1) is 9.62. The molecule has 2 aliphatic rings. The van der Waals surface area contributed by atoms with E-state index in [-0.39, 0.29) is 5.91 Å². The second kappa shape index (κ2) is 7.04. The van der Waals surface area contributed by atoms with Gasteiger partial charge in [0, 0.05) is 26.1 Å². The van der Waals surface area contributed by atoms with Crippen LogP contribution in [0.15, 0.2) is 0 Å². The SMILES string of the molecule is O=C(CN1CCCCCC1)NC1(C(=O)O)CCOCC1. The van der Waals surface area contributed by atoms with E-state index in [1.165, 1.54) is 12.8 Å². The summed E-state index contributed by atoms with van der Waals surface area (Å²) >= 11 is 0. The summed E-state index contributed by atoms with van der Waals surface area (Å²) in [5.74, 6) is -1.14. The third kappa shape index (κ3) is 3.93. The lowest BCUT2D eigenvalue weighted by Gasteiger charge is -2.34. The smallest absolute Gasteiger partial charge is 0.329 e. The second-order valence-electron chi connectivity index (χ2n) is 5.74. The van der Waals surface area contributed by atoms with E-state index in [0.717, 1.165) is 25.9 Å². The van der Waals surface area contributed by atoms with Crippen LogP contribution >= 0.6 is 0 Å². The van der Waals surface area contributed by atoms with Gasteiger partial charge in [0.25, 0.3) is 0 Å². The molecule has 0 radical (unpaired) electrons. The Morgan fingerprint density at radius 3 is 2.25 bits per heavy atom. The van der Waals surface area contributed by atoms with Gasteiger partial charge >= 0.3 is 5.97 Å². The highest BCUT2D eigenvalue weighted by Gasteiger charge is 2.41. The number of nitrogens with zero attached hydrogens (tertiary/aromatic N) is 1. The molecule has 0 aromatic carbocycles. The molecule has 2 rings (SSSR count). The molecule has 2 N–H and O–H groups in total. The number of carboxylic acids is 1. The lowest BCUT2D eigenvalue weighted by molar-refractivity contribution is -0.152. The fraction of sp³-hybridized carbons (Fsp3) is 0.857. The summed E-state index contributed by atoms with van der Waals surface area (Å²) in [6.07, 6.45) is 5.35. The number of rotatable bonds is 4. The quantitative estimate of drug-likeness (QED) is 0.791. The lowest BCUT2D eigenvalue weighted by Crippen LogP contribution is -2.59. The van der Waals surface area contributed by atoms with E-state index in [1.807, 2.05) is 0 Å². The summed E-state index contributed by atoms with van der Waals surface area (Å²) in [6.45, 7) is 2.93. The van der Waals surface area contributed by atoms with E-state index < -0.39 is 11.5 Å². The molecule has 6 nitrogen and oxygen atoms in total. The molecule has 2 heterocycles.